The Morgan fingerprint density at radius 3 is 2.50 bits per heavy atom. The molecule has 30 heavy (non-hydrogen) atoms. The van der Waals surface area contributed by atoms with Gasteiger partial charge in [-0.2, -0.15) is 0 Å². The van der Waals surface area contributed by atoms with E-state index >= 15 is 0 Å². The van der Waals surface area contributed by atoms with Gasteiger partial charge in [0.2, 0.25) is 0 Å². The minimum absolute atomic E-state index is 0.197. The number of aryl methyl sites for hydroxylation is 1. The lowest BCUT2D eigenvalue weighted by molar-refractivity contribution is -0.000982. The predicted molar refractivity (Wildman–Crippen MR) is 115 cm³/mol. The summed E-state index contributed by atoms with van der Waals surface area (Å²) in [7, 11) is 0. The summed E-state index contributed by atoms with van der Waals surface area (Å²) in [6, 6.07) is 12.5. The summed E-state index contributed by atoms with van der Waals surface area (Å²) in [5.41, 5.74) is 2.79. The van der Waals surface area contributed by atoms with Gasteiger partial charge in [-0.15, -0.1) is 0 Å². The molecular formula is C23H25ClN2O4. The summed E-state index contributed by atoms with van der Waals surface area (Å²) in [6.07, 6.45) is 2.10. The molecule has 2 fully saturated rings. The SMILES string of the molecule is CCc1cc(CN2CCC3(CC2)CN(c2ccc(C(=O)O)cc2)C(=O)O3)ccc1Cl. The van der Waals surface area contributed by atoms with Crippen molar-refractivity contribution < 1.29 is 19.4 Å². The van der Waals surface area contributed by atoms with Crippen LogP contribution in [0.1, 0.15) is 41.3 Å². The van der Waals surface area contributed by atoms with Crippen molar-refractivity contribution in [2.75, 3.05) is 24.5 Å². The van der Waals surface area contributed by atoms with Crippen molar-refractivity contribution in [2.24, 2.45) is 0 Å². The smallest absolute Gasteiger partial charge is 0.415 e. The van der Waals surface area contributed by atoms with Crippen LogP contribution < -0.4 is 4.90 Å². The fourth-order valence-corrected chi connectivity index (χ4v) is 4.49. The van der Waals surface area contributed by atoms with Crippen molar-refractivity contribution in [3.8, 4) is 0 Å². The summed E-state index contributed by atoms with van der Waals surface area (Å²) in [5.74, 6) is -0.985. The molecule has 0 aromatic heterocycles. The Bertz CT molecular complexity index is 952. The number of benzene rings is 2. The van der Waals surface area contributed by atoms with Gasteiger partial charge in [0.15, 0.2) is 0 Å². The number of aromatic carboxylic acids is 1. The third kappa shape index (κ3) is 4.16. The quantitative estimate of drug-likeness (QED) is 0.754. The van der Waals surface area contributed by atoms with Crippen molar-refractivity contribution in [1.29, 1.82) is 0 Å². The first-order valence-electron chi connectivity index (χ1n) is 10.2. The van der Waals surface area contributed by atoms with Gasteiger partial charge in [0.25, 0.3) is 0 Å². The van der Waals surface area contributed by atoms with Crippen LogP contribution in [0, 0.1) is 0 Å². The summed E-state index contributed by atoms with van der Waals surface area (Å²) < 4.78 is 5.81. The minimum atomic E-state index is -0.985. The van der Waals surface area contributed by atoms with Gasteiger partial charge in [0.05, 0.1) is 12.1 Å². The number of carbonyl (C=O) groups is 2. The average molecular weight is 429 g/mol. The molecule has 0 unspecified atom stereocenters. The Morgan fingerprint density at radius 2 is 1.87 bits per heavy atom. The highest BCUT2D eigenvalue weighted by atomic mass is 35.5. The van der Waals surface area contributed by atoms with E-state index in [0.717, 1.165) is 49.5 Å². The Morgan fingerprint density at radius 1 is 1.17 bits per heavy atom. The van der Waals surface area contributed by atoms with Crippen molar-refractivity contribution in [3.63, 3.8) is 0 Å². The Balaban J connectivity index is 1.38. The van der Waals surface area contributed by atoms with Gasteiger partial charge in [-0.25, -0.2) is 9.59 Å². The number of hydrogen-bond acceptors (Lipinski definition) is 4. The topological polar surface area (TPSA) is 70.1 Å². The number of likely N-dealkylation sites (tertiary alicyclic amines) is 1. The number of piperidine rings is 1. The average Bonchev–Trinajstić information content (AvgIpc) is 3.07. The zero-order chi connectivity index (χ0) is 21.3. The van der Waals surface area contributed by atoms with Crippen molar-refractivity contribution in [1.82, 2.24) is 4.90 Å². The van der Waals surface area contributed by atoms with E-state index in [2.05, 4.69) is 24.0 Å². The monoisotopic (exact) mass is 428 g/mol. The summed E-state index contributed by atoms with van der Waals surface area (Å²) in [4.78, 5) is 27.5. The van der Waals surface area contributed by atoms with Crippen LogP contribution in [0.4, 0.5) is 10.5 Å². The van der Waals surface area contributed by atoms with Crippen LogP contribution in [0.15, 0.2) is 42.5 Å². The largest absolute Gasteiger partial charge is 0.478 e. The van der Waals surface area contributed by atoms with Crippen LogP contribution in [-0.2, 0) is 17.7 Å². The number of carboxylic acids is 1. The number of anilines is 1. The molecule has 7 heteroatoms. The van der Waals surface area contributed by atoms with E-state index in [9.17, 15) is 9.59 Å². The molecule has 0 atom stereocenters. The fourth-order valence-electron chi connectivity index (χ4n) is 4.24. The molecule has 0 bridgehead atoms. The zero-order valence-corrected chi connectivity index (χ0v) is 17.7. The van der Waals surface area contributed by atoms with Gasteiger partial charge >= 0.3 is 12.1 Å². The van der Waals surface area contributed by atoms with Crippen LogP contribution >= 0.6 is 11.6 Å². The molecule has 2 saturated heterocycles. The molecule has 0 radical (unpaired) electrons. The van der Waals surface area contributed by atoms with Crippen LogP contribution in [0.2, 0.25) is 5.02 Å². The highest BCUT2D eigenvalue weighted by molar-refractivity contribution is 6.31. The first kappa shape index (κ1) is 20.7. The number of halogens is 1. The molecule has 0 saturated carbocycles. The van der Waals surface area contributed by atoms with E-state index in [1.807, 2.05) is 6.07 Å². The molecule has 158 valence electrons. The number of hydrogen-bond donors (Lipinski definition) is 1. The maximum Gasteiger partial charge on any atom is 0.415 e. The van der Waals surface area contributed by atoms with E-state index < -0.39 is 11.6 Å². The maximum absolute atomic E-state index is 12.5. The second-order valence-electron chi connectivity index (χ2n) is 8.04. The molecular weight excluding hydrogens is 404 g/mol. The summed E-state index contributed by atoms with van der Waals surface area (Å²) in [6.45, 7) is 5.15. The zero-order valence-electron chi connectivity index (χ0n) is 16.9. The maximum atomic E-state index is 12.5. The number of carboxylic acid groups (broad SMARTS) is 1. The molecule has 2 aromatic carbocycles. The first-order chi connectivity index (χ1) is 14.4. The molecule has 0 aliphatic carbocycles. The lowest BCUT2D eigenvalue weighted by Crippen LogP contribution is -2.46. The second-order valence-corrected chi connectivity index (χ2v) is 8.45. The number of carbonyl (C=O) groups excluding carboxylic acids is 1. The van der Waals surface area contributed by atoms with E-state index in [4.69, 9.17) is 21.4 Å². The highest BCUT2D eigenvalue weighted by Crippen LogP contribution is 2.36. The van der Waals surface area contributed by atoms with E-state index in [1.165, 1.54) is 17.7 Å². The van der Waals surface area contributed by atoms with Crippen LogP contribution in [0.3, 0.4) is 0 Å². The number of nitrogens with zero attached hydrogens (tertiary/aromatic N) is 2. The van der Waals surface area contributed by atoms with Crippen LogP contribution in [0.25, 0.3) is 0 Å². The van der Waals surface area contributed by atoms with Crippen molar-refractivity contribution >= 4 is 29.4 Å². The predicted octanol–water partition coefficient (Wildman–Crippen LogP) is 4.59. The first-order valence-corrected chi connectivity index (χ1v) is 10.6. The fraction of sp³-hybridized carbons (Fsp3) is 0.391. The van der Waals surface area contributed by atoms with Gasteiger partial charge in [-0.3, -0.25) is 9.80 Å². The van der Waals surface area contributed by atoms with Crippen molar-refractivity contribution in [2.45, 2.75) is 38.3 Å². The van der Waals surface area contributed by atoms with Gasteiger partial charge < -0.3 is 9.84 Å². The van der Waals surface area contributed by atoms with E-state index in [1.54, 1.807) is 17.0 Å². The number of ether oxygens (including phenoxy) is 1. The molecule has 6 nitrogen and oxygen atoms in total. The number of rotatable bonds is 5. The van der Waals surface area contributed by atoms with Crippen LogP contribution in [0.5, 0.6) is 0 Å². The molecule has 2 aliphatic heterocycles. The Hall–Kier alpha value is -2.57. The normalized spacial score (nSPS) is 18.6. The van der Waals surface area contributed by atoms with E-state index in [-0.39, 0.29) is 11.7 Å². The van der Waals surface area contributed by atoms with Crippen LogP contribution in [-0.4, -0.2) is 47.3 Å². The lowest BCUT2D eigenvalue weighted by atomic mass is 9.91. The lowest BCUT2D eigenvalue weighted by Gasteiger charge is -2.37. The van der Waals surface area contributed by atoms with E-state index in [0.29, 0.717) is 12.2 Å². The van der Waals surface area contributed by atoms with Gasteiger partial charge in [0, 0.05) is 43.2 Å². The standard InChI is InChI=1S/C23H25ClN2O4/c1-2-17-13-16(3-8-20(17)24)14-25-11-9-23(10-12-25)15-26(22(29)30-23)19-6-4-18(5-7-19)21(27)28/h3-8,13H,2,9-12,14-15H2,1H3,(H,27,28). The molecule has 2 heterocycles. The minimum Gasteiger partial charge on any atom is -0.478 e. The Kier molecular flexibility index (Phi) is 5.71. The molecule has 1 N–H and O–H groups in total. The van der Waals surface area contributed by atoms with Crippen molar-refractivity contribution in [3.05, 3.63) is 64.2 Å². The molecule has 2 aromatic rings. The Labute approximate surface area is 181 Å². The third-order valence-corrected chi connectivity index (χ3v) is 6.43. The summed E-state index contributed by atoms with van der Waals surface area (Å²) >= 11 is 6.23. The molecule has 1 spiro atoms. The van der Waals surface area contributed by atoms with Gasteiger partial charge in [0.1, 0.15) is 5.60 Å². The third-order valence-electron chi connectivity index (χ3n) is 6.06. The number of amides is 1. The highest BCUT2D eigenvalue weighted by Gasteiger charge is 2.47. The molecule has 2 aliphatic rings. The second kappa shape index (κ2) is 8.28. The van der Waals surface area contributed by atoms with Gasteiger partial charge in [-0.1, -0.05) is 30.7 Å². The van der Waals surface area contributed by atoms with Gasteiger partial charge in [-0.05, 0) is 47.9 Å². The molecule has 4 rings (SSSR count). The molecule has 1 amide bonds. The summed E-state index contributed by atoms with van der Waals surface area (Å²) in [5, 5.41) is 9.86.